The molecule has 6 heteroatoms. The van der Waals surface area contributed by atoms with Crippen molar-refractivity contribution >= 4 is 28.3 Å². The van der Waals surface area contributed by atoms with Gasteiger partial charge in [-0.25, -0.2) is 9.59 Å². The van der Waals surface area contributed by atoms with Crippen LogP contribution < -0.4 is 5.73 Å². The van der Waals surface area contributed by atoms with Gasteiger partial charge in [0.05, 0.1) is 5.56 Å². The first-order valence-corrected chi connectivity index (χ1v) is 4.68. The first-order chi connectivity index (χ1) is 6.49. The van der Waals surface area contributed by atoms with Crippen LogP contribution in [-0.4, -0.2) is 22.2 Å². The van der Waals surface area contributed by atoms with E-state index >= 15 is 0 Å². The van der Waals surface area contributed by atoms with Crippen LogP contribution in [0, 0.1) is 0 Å². The maximum absolute atomic E-state index is 10.8. The zero-order chi connectivity index (χ0) is 10.9. The lowest BCUT2D eigenvalue weighted by atomic mass is 10.1. The molecule has 14 heavy (non-hydrogen) atoms. The molecule has 0 aliphatic rings. The van der Waals surface area contributed by atoms with Gasteiger partial charge in [-0.1, -0.05) is 6.92 Å². The number of hydrogen-bond donors (Lipinski definition) is 3. The van der Waals surface area contributed by atoms with Crippen LogP contribution in [0.3, 0.4) is 0 Å². The second-order valence-electron chi connectivity index (χ2n) is 2.61. The Morgan fingerprint density at radius 1 is 1.36 bits per heavy atom. The van der Waals surface area contributed by atoms with Gasteiger partial charge in [-0.15, -0.1) is 11.3 Å². The van der Waals surface area contributed by atoms with Crippen molar-refractivity contribution in [2.45, 2.75) is 13.3 Å². The van der Waals surface area contributed by atoms with E-state index in [9.17, 15) is 9.59 Å². The average Bonchev–Trinajstić information content (AvgIpc) is 2.41. The number of rotatable bonds is 3. The Hall–Kier alpha value is -1.56. The molecule has 1 heterocycles. The van der Waals surface area contributed by atoms with Crippen molar-refractivity contribution in [2.24, 2.45) is 0 Å². The summed E-state index contributed by atoms with van der Waals surface area (Å²) < 4.78 is 0. The van der Waals surface area contributed by atoms with E-state index in [1.54, 1.807) is 6.92 Å². The van der Waals surface area contributed by atoms with Crippen molar-refractivity contribution in [3.8, 4) is 0 Å². The molecule has 1 aromatic rings. The molecule has 1 rings (SSSR count). The monoisotopic (exact) mass is 215 g/mol. The summed E-state index contributed by atoms with van der Waals surface area (Å²) >= 11 is 0.799. The predicted octanol–water partition coefficient (Wildman–Crippen LogP) is 1.29. The summed E-state index contributed by atoms with van der Waals surface area (Å²) in [4.78, 5) is 21.5. The number of carbonyl (C=O) groups is 2. The molecule has 5 nitrogen and oxygen atoms in total. The summed E-state index contributed by atoms with van der Waals surface area (Å²) in [6, 6.07) is 0. The largest absolute Gasteiger partial charge is 0.478 e. The highest BCUT2D eigenvalue weighted by Gasteiger charge is 2.23. The van der Waals surface area contributed by atoms with E-state index in [1.165, 1.54) is 0 Å². The van der Waals surface area contributed by atoms with Gasteiger partial charge in [0.1, 0.15) is 9.88 Å². The highest BCUT2D eigenvalue weighted by Crippen LogP contribution is 2.31. The molecule has 0 radical (unpaired) electrons. The molecule has 0 amide bonds. The molecular formula is C8H9NO4S. The standard InChI is InChI=1S/C8H9NO4S/c1-2-3-4(7(10)11)6(9)14-5(3)8(12)13/h2,9H2,1H3,(H,10,11)(H,12,13). The zero-order valence-electron chi connectivity index (χ0n) is 7.40. The first-order valence-electron chi connectivity index (χ1n) is 3.86. The van der Waals surface area contributed by atoms with E-state index in [1.807, 2.05) is 0 Å². The molecule has 4 N–H and O–H groups in total. The summed E-state index contributed by atoms with van der Waals surface area (Å²) in [6.07, 6.45) is 0.344. The van der Waals surface area contributed by atoms with Gasteiger partial charge >= 0.3 is 11.9 Å². The third-order valence-corrected chi connectivity index (χ3v) is 2.85. The maximum Gasteiger partial charge on any atom is 0.346 e. The third-order valence-electron chi connectivity index (χ3n) is 1.80. The van der Waals surface area contributed by atoms with E-state index < -0.39 is 11.9 Å². The Morgan fingerprint density at radius 2 is 1.93 bits per heavy atom. The molecule has 0 saturated carbocycles. The molecule has 0 aliphatic heterocycles. The number of anilines is 1. The van der Waals surface area contributed by atoms with Gasteiger partial charge in [0.15, 0.2) is 0 Å². The smallest absolute Gasteiger partial charge is 0.346 e. The first kappa shape index (κ1) is 10.5. The molecule has 0 fully saturated rings. The fraction of sp³-hybridized carbons (Fsp3) is 0.250. The second-order valence-corrected chi connectivity index (χ2v) is 3.67. The average molecular weight is 215 g/mol. The Labute approximate surface area is 83.8 Å². The van der Waals surface area contributed by atoms with Crippen LogP contribution >= 0.6 is 11.3 Å². The Bertz CT molecular complexity index is 396. The van der Waals surface area contributed by atoms with Gasteiger partial charge in [-0.3, -0.25) is 0 Å². The molecule has 0 saturated heterocycles. The van der Waals surface area contributed by atoms with Crippen molar-refractivity contribution in [2.75, 3.05) is 5.73 Å². The predicted molar refractivity (Wildman–Crippen MR) is 52.0 cm³/mol. The fourth-order valence-corrected chi connectivity index (χ4v) is 2.22. The highest BCUT2D eigenvalue weighted by molar-refractivity contribution is 7.18. The summed E-state index contributed by atoms with van der Waals surface area (Å²) in [7, 11) is 0. The van der Waals surface area contributed by atoms with Gasteiger partial charge in [-0.2, -0.15) is 0 Å². The van der Waals surface area contributed by atoms with Gasteiger partial charge < -0.3 is 15.9 Å². The molecule has 0 bridgehead atoms. The van der Waals surface area contributed by atoms with Crippen LogP contribution in [0.2, 0.25) is 0 Å². The van der Waals surface area contributed by atoms with Gasteiger partial charge in [0.25, 0.3) is 0 Å². The molecule has 76 valence electrons. The molecule has 1 aromatic heterocycles. The number of hydrogen-bond acceptors (Lipinski definition) is 4. The van der Waals surface area contributed by atoms with Crippen molar-refractivity contribution in [1.82, 2.24) is 0 Å². The second kappa shape index (κ2) is 3.67. The van der Waals surface area contributed by atoms with Crippen molar-refractivity contribution in [3.63, 3.8) is 0 Å². The zero-order valence-corrected chi connectivity index (χ0v) is 8.22. The molecule has 0 atom stereocenters. The molecule has 0 aromatic carbocycles. The lowest BCUT2D eigenvalue weighted by molar-refractivity contribution is 0.0696. The van der Waals surface area contributed by atoms with Crippen LogP contribution in [-0.2, 0) is 6.42 Å². The topological polar surface area (TPSA) is 101 Å². The number of aromatic carboxylic acids is 2. The molecule has 0 unspecified atom stereocenters. The van der Waals surface area contributed by atoms with Gasteiger partial charge in [0.2, 0.25) is 0 Å². The SMILES string of the molecule is CCc1c(C(=O)O)sc(N)c1C(=O)O. The molecular weight excluding hydrogens is 206 g/mol. The third kappa shape index (κ3) is 1.56. The minimum absolute atomic E-state index is 0.0161. The lowest BCUT2D eigenvalue weighted by Gasteiger charge is -1.97. The Kier molecular flexibility index (Phi) is 2.76. The number of carboxylic acids is 2. The fourth-order valence-electron chi connectivity index (χ4n) is 1.23. The number of thiophene rings is 1. The minimum atomic E-state index is -1.18. The van der Waals surface area contributed by atoms with Crippen LogP contribution in [0.15, 0.2) is 0 Å². The maximum atomic E-state index is 10.8. The Balaban J connectivity index is 3.43. The van der Waals surface area contributed by atoms with Crippen molar-refractivity contribution in [3.05, 3.63) is 16.0 Å². The van der Waals surface area contributed by atoms with Gasteiger partial charge in [0, 0.05) is 0 Å². The van der Waals surface area contributed by atoms with Crippen LogP contribution in [0.1, 0.15) is 32.5 Å². The molecule has 0 spiro atoms. The quantitative estimate of drug-likeness (QED) is 0.705. The van der Waals surface area contributed by atoms with Crippen LogP contribution in [0.25, 0.3) is 0 Å². The van der Waals surface area contributed by atoms with Crippen molar-refractivity contribution in [1.29, 1.82) is 0 Å². The number of carboxylic acid groups (broad SMARTS) is 2. The Morgan fingerprint density at radius 3 is 2.29 bits per heavy atom. The van der Waals surface area contributed by atoms with Crippen molar-refractivity contribution < 1.29 is 19.8 Å². The summed E-state index contributed by atoms with van der Waals surface area (Å²) in [5, 5.41) is 17.6. The van der Waals surface area contributed by atoms with Crippen LogP contribution in [0.5, 0.6) is 0 Å². The number of nitrogen functional groups attached to an aromatic ring is 1. The summed E-state index contributed by atoms with van der Waals surface area (Å²) in [5.74, 6) is -2.31. The van der Waals surface area contributed by atoms with E-state index in [-0.39, 0.29) is 15.4 Å². The highest BCUT2D eigenvalue weighted by atomic mass is 32.1. The lowest BCUT2D eigenvalue weighted by Crippen LogP contribution is -2.04. The van der Waals surface area contributed by atoms with Crippen LogP contribution in [0.4, 0.5) is 5.00 Å². The number of nitrogens with two attached hydrogens (primary N) is 1. The molecule has 0 aliphatic carbocycles. The van der Waals surface area contributed by atoms with Gasteiger partial charge in [-0.05, 0) is 12.0 Å². The van der Waals surface area contributed by atoms with E-state index in [4.69, 9.17) is 15.9 Å². The summed E-state index contributed by atoms with van der Waals surface area (Å²) in [5.41, 5.74) is 5.66. The minimum Gasteiger partial charge on any atom is -0.478 e. The van der Waals surface area contributed by atoms with E-state index in [0.29, 0.717) is 12.0 Å². The normalized spacial score (nSPS) is 10.1. The summed E-state index contributed by atoms with van der Waals surface area (Å²) in [6.45, 7) is 1.69. The van der Waals surface area contributed by atoms with E-state index in [2.05, 4.69) is 0 Å². The van der Waals surface area contributed by atoms with E-state index in [0.717, 1.165) is 11.3 Å².